The van der Waals surface area contributed by atoms with Crippen molar-refractivity contribution in [2.75, 3.05) is 22.1 Å². The maximum absolute atomic E-state index is 13.6. The molecule has 4 aromatic rings. The first-order valence-corrected chi connectivity index (χ1v) is 13.3. The number of rotatable bonds is 11. The van der Waals surface area contributed by atoms with E-state index in [0.29, 0.717) is 16.8 Å². The van der Waals surface area contributed by atoms with Crippen LogP contribution in [0.2, 0.25) is 0 Å². The maximum Gasteiger partial charge on any atom is 0.265 e. The first-order chi connectivity index (χ1) is 18.2. The number of anilines is 4. The fraction of sp³-hybridized carbons (Fsp3) is 0.250. The first kappa shape index (κ1) is 24.6. The molecule has 37 heavy (non-hydrogen) atoms. The van der Waals surface area contributed by atoms with Crippen LogP contribution in [0.4, 0.5) is 22.7 Å². The van der Waals surface area contributed by atoms with E-state index in [1.165, 1.54) is 37.0 Å². The summed E-state index contributed by atoms with van der Waals surface area (Å²) in [4.78, 5) is 28.4. The molecule has 0 radical (unpaired) electrons. The summed E-state index contributed by atoms with van der Waals surface area (Å²) in [7, 11) is 0. The number of para-hydroxylation sites is 1. The van der Waals surface area contributed by atoms with Crippen LogP contribution in [-0.2, 0) is 0 Å². The number of hydrogen-bond acceptors (Lipinski definition) is 4. The second-order valence-corrected chi connectivity index (χ2v) is 9.57. The molecule has 1 aliphatic heterocycles. The lowest BCUT2D eigenvalue weighted by atomic mass is 9.92. The van der Waals surface area contributed by atoms with E-state index in [0.717, 1.165) is 40.8 Å². The lowest BCUT2D eigenvalue weighted by molar-refractivity contribution is 0.0893. The predicted octanol–water partition coefficient (Wildman–Crippen LogP) is 8.16. The van der Waals surface area contributed by atoms with Crippen LogP contribution in [0.1, 0.15) is 66.2 Å². The number of nitrogens with zero attached hydrogens (tertiary/aromatic N) is 1. The van der Waals surface area contributed by atoms with Gasteiger partial charge in [-0.25, -0.2) is 4.90 Å². The molecule has 0 saturated heterocycles. The maximum atomic E-state index is 13.6. The van der Waals surface area contributed by atoms with Crippen LogP contribution in [0, 0.1) is 0 Å². The van der Waals surface area contributed by atoms with E-state index in [4.69, 9.17) is 0 Å². The molecular weight excluding hydrogens is 458 g/mol. The molecule has 0 bridgehead atoms. The van der Waals surface area contributed by atoms with Crippen molar-refractivity contribution in [3.05, 3.63) is 96.1 Å². The van der Waals surface area contributed by atoms with Crippen molar-refractivity contribution < 1.29 is 9.59 Å². The van der Waals surface area contributed by atoms with E-state index < -0.39 is 0 Å². The van der Waals surface area contributed by atoms with Crippen molar-refractivity contribution in [2.24, 2.45) is 0 Å². The molecule has 4 aromatic carbocycles. The predicted molar refractivity (Wildman–Crippen MR) is 153 cm³/mol. The first-order valence-electron chi connectivity index (χ1n) is 13.3. The summed E-state index contributed by atoms with van der Waals surface area (Å²) in [6, 6.07) is 26.8. The SMILES string of the molecule is CCCCCCCCNc1ccc2c3c(cccc13)C(=O)N(c1ccc(Nc3ccccc3)cc1)C2=O. The summed E-state index contributed by atoms with van der Waals surface area (Å²) in [5.74, 6) is -0.583. The molecule has 1 heterocycles. The van der Waals surface area contributed by atoms with E-state index in [9.17, 15) is 9.59 Å². The van der Waals surface area contributed by atoms with Gasteiger partial charge in [0.1, 0.15) is 0 Å². The van der Waals surface area contributed by atoms with E-state index >= 15 is 0 Å². The van der Waals surface area contributed by atoms with E-state index in [-0.39, 0.29) is 11.8 Å². The second-order valence-electron chi connectivity index (χ2n) is 9.57. The molecule has 5 nitrogen and oxygen atoms in total. The Morgan fingerprint density at radius 3 is 2.08 bits per heavy atom. The normalized spacial score (nSPS) is 12.7. The van der Waals surface area contributed by atoms with Gasteiger partial charge < -0.3 is 10.6 Å². The third kappa shape index (κ3) is 5.21. The van der Waals surface area contributed by atoms with Crippen LogP contribution < -0.4 is 15.5 Å². The summed E-state index contributed by atoms with van der Waals surface area (Å²) >= 11 is 0. The Kier molecular flexibility index (Phi) is 7.50. The Labute approximate surface area is 218 Å². The Balaban J connectivity index is 1.35. The second kappa shape index (κ2) is 11.3. The van der Waals surface area contributed by atoms with Gasteiger partial charge in [-0.1, -0.05) is 69.4 Å². The molecule has 0 aliphatic carbocycles. The largest absolute Gasteiger partial charge is 0.385 e. The Morgan fingerprint density at radius 1 is 0.649 bits per heavy atom. The third-order valence-electron chi connectivity index (χ3n) is 6.94. The molecule has 0 spiro atoms. The summed E-state index contributed by atoms with van der Waals surface area (Å²) < 4.78 is 0. The minimum atomic E-state index is -0.292. The number of carbonyl (C=O) groups excluding carboxylic acids is 2. The van der Waals surface area contributed by atoms with Gasteiger partial charge in [0, 0.05) is 45.5 Å². The highest BCUT2D eigenvalue weighted by Gasteiger charge is 2.34. The Morgan fingerprint density at radius 2 is 1.32 bits per heavy atom. The van der Waals surface area contributed by atoms with Crippen molar-refractivity contribution in [3.8, 4) is 0 Å². The molecule has 0 unspecified atom stereocenters. The monoisotopic (exact) mass is 491 g/mol. The van der Waals surface area contributed by atoms with Crippen molar-refractivity contribution in [1.82, 2.24) is 0 Å². The van der Waals surface area contributed by atoms with Crippen molar-refractivity contribution in [1.29, 1.82) is 0 Å². The summed E-state index contributed by atoms with van der Waals surface area (Å²) in [5.41, 5.74) is 4.50. The number of nitrogens with one attached hydrogen (secondary N) is 2. The van der Waals surface area contributed by atoms with Crippen LogP contribution in [0.25, 0.3) is 10.8 Å². The quantitative estimate of drug-likeness (QED) is 0.164. The van der Waals surface area contributed by atoms with Crippen LogP contribution >= 0.6 is 0 Å². The molecule has 2 N–H and O–H groups in total. The highest BCUT2D eigenvalue weighted by atomic mass is 16.2. The summed E-state index contributed by atoms with van der Waals surface area (Å²) in [6.07, 6.45) is 7.43. The van der Waals surface area contributed by atoms with E-state index in [1.54, 1.807) is 0 Å². The van der Waals surface area contributed by atoms with Crippen LogP contribution in [0.15, 0.2) is 84.9 Å². The van der Waals surface area contributed by atoms with Gasteiger partial charge >= 0.3 is 0 Å². The molecule has 1 aliphatic rings. The molecular formula is C32H33N3O2. The number of unbranched alkanes of at least 4 members (excludes halogenated alkanes) is 5. The number of imide groups is 1. The molecule has 5 heteroatoms. The fourth-order valence-corrected chi connectivity index (χ4v) is 5.00. The van der Waals surface area contributed by atoms with Crippen molar-refractivity contribution in [3.63, 3.8) is 0 Å². The van der Waals surface area contributed by atoms with Crippen LogP contribution in [0.3, 0.4) is 0 Å². The summed E-state index contributed by atoms with van der Waals surface area (Å²) in [6.45, 7) is 3.11. The molecule has 188 valence electrons. The molecule has 0 atom stereocenters. The van der Waals surface area contributed by atoms with E-state index in [2.05, 4.69) is 17.6 Å². The lowest BCUT2D eigenvalue weighted by Gasteiger charge is -2.28. The Hall–Kier alpha value is -4.12. The number of amides is 2. The zero-order chi connectivity index (χ0) is 25.6. The third-order valence-corrected chi connectivity index (χ3v) is 6.94. The van der Waals surface area contributed by atoms with Gasteiger partial charge in [-0.15, -0.1) is 0 Å². The zero-order valence-electron chi connectivity index (χ0n) is 21.3. The topological polar surface area (TPSA) is 61.4 Å². The Bertz CT molecular complexity index is 1370. The fourth-order valence-electron chi connectivity index (χ4n) is 5.00. The number of carbonyl (C=O) groups is 2. The number of hydrogen-bond donors (Lipinski definition) is 2. The van der Waals surface area contributed by atoms with Gasteiger partial charge in [0.2, 0.25) is 0 Å². The molecule has 2 amide bonds. The smallest absolute Gasteiger partial charge is 0.265 e. The van der Waals surface area contributed by atoms with Gasteiger partial charge in [0.25, 0.3) is 11.8 Å². The minimum Gasteiger partial charge on any atom is -0.385 e. The molecule has 0 aromatic heterocycles. The highest BCUT2D eigenvalue weighted by molar-refractivity contribution is 6.36. The van der Waals surface area contributed by atoms with Crippen LogP contribution in [-0.4, -0.2) is 18.4 Å². The van der Waals surface area contributed by atoms with Gasteiger partial charge in [-0.05, 0) is 61.0 Å². The zero-order valence-corrected chi connectivity index (χ0v) is 21.3. The molecule has 0 fully saturated rings. The van der Waals surface area contributed by atoms with Crippen molar-refractivity contribution in [2.45, 2.75) is 45.4 Å². The number of benzene rings is 4. The van der Waals surface area contributed by atoms with Gasteiger partial charge in [0.15, 0.2) is 0 Å². The highest BCUT2D eigenvalue weighted by Crippen LogP contribution is 2.36. The van der Waals surface area contributed by atoms with Gasteiger partial charge in [-0.2, -0.15) is 0 Å². The van der Waals surface area contributed by atoms with Gasteiger partial charge in [-0.3, -0.25) is 9.59 Å². The average Bonchev–Trinajstić information content (AvgIpc) is 2.93. The van der Waals surface area contributed by atoms with Gasteiger partial charge in [0.05, 0.1) is 5.69 Å². The van der Waals surface area contributed by atoms with Crippen molar-refractivity contribution >= 4 is 45.3 Å². The molecule has 0 saturated carbocycles. The minimum absolute atomic E-state index is 0.292. The lowest BCUT2D eigenvalue weighted by Crippen LogP contribution is -2.40. The average molecular weight is 492 g/mol. The summed E-state index contributed by atoms with van der Waals surface area (Å²) in [5, 5.41) is 8.53. The van der Waals surface area contributed by atoms with E-state index in [1.807, 2.05) is 84.9 Å². The molecule has 5 rings (SSSR count). The van der Waals surface area contributed by atoms with Crippen LogP contribution in [0.5, 0.6) is 0 Å². The standard InChI is InChI=1S/C32H33N3O2/c1-2-3-4-5-6-10-22-33-29-21-20-28-30-26(29)14-11-15-27(30)31(36)35(32(28)37)25-18-16-24(17-19-25)34-23-12-8-7-9-13-23/h7-9,11-21,33-34H,2-6,10,22H2,1H3.